The number of urea groups is 1. The molecular weight excluding hydrogens is 398 g/mol. The van der Waals surface area contributed by atoms with Crippen LogP contribution in [-0.2, 0) is 19.1 Å². The van der Waals surface area contributed by atoms with Gasteiger partial charge in [-0.05, 0) is 56.2 Å². The summed E-state index contributed by atoms with van der Waals surface area (Å²) < 4.78 is 5.15. The van der Waals surface area contributed by atoms with Gasteiger partial charge in [0.15, 0.2) is 6.10 Å². The zero-order valence-electron chi connectivity index (χ0n) is 19.2. The quantitative estimate of drug-likeness (QED) is 0.460. The Labute approximate surface area is 183 Å². The van der Waals surface area contributed by atoms with Gasteiger partial charge in [0.25, 0.3) is 11.8 Å². The second-order valence-corrected chi connectivity index (χ2v) is 8.98. The highest BCUT2D eigenvalue weighted by Crippen LogP contribution is 2.24. The van der Waals surface area contributed by atoms with Crippen LogP contribution in [-0.4, -0.2) is 46.9 Å². The number of nitrogens with zero attached hydrogens (tertiary/aromatic N) is 1. The molecular formula is C23H33N3O5. The Balaban J connectivity index is 1.90. The summed E-state index contributed by atoms with van der Waals surface area (Å²) in [5.41, 5.74) is 0.700. The Morgan fingerprint density at radius 2 is 1.71 bits per heavy atom. The fourth-order valence-corrected chi connectivity index (χ4v) is 3.25. The summed E-state index contributed by atoms with van der Waals surface area (Å²) in [7, 11) is 0. The molecule has 2 rings (SSSR count). The summed E-state index contributed by atoms with van der Waals surface area (Å²) in [6.45, 7) is 10.8. The molecule has 2 atom stereocenters. The van der Waals surface area contributed by atoms with Crippen molar-refractivity contribution in [3.8, 4) is 0 Å². The van der Waals surface area contributed by atoms with E-state index >= 15 is 0 Å². The van der Waals surface area contributed by atoms with E-state index in [4.69, 9.17) is 4.74 Å². The first-order chi connectivity index (χ1) is 14.4. The SMILES string of the molecule is CC(C)CC[C@@]1(C)NC(=O)N(CC(=O)O[C@H](C)C(=O)Nc2ccc(C(C)C)cc2)C1=O. The molecule has 2 N–H and O–H groups in total. The van der Waals surface area contributed by atoms with E-state index in [2.05, 4.69) is 24.5 Å². The van der Waals surface area contributed by atoms with Crippen molar-refractivity contribution in [2.45, 2.75) is 71.9 Å². The first-order valence-electron chi connectivity index (χ1n) is 10.7. The third-order valence-electron chi connectivity index (χ3n) is 5.38. The van der Waals surface area contributed by atoms with Crippen molar-refractivity contribution in [1.29, 1.82) is 0 Å². The van der Waals surface area contributed by atoms with E-state index in [9.17, 15) is 19.2 Å². The van der Waals surface area contributed by atoms with Crippen molar-refractivity contribution in [2.24, 2.45) is 5.92 Å². The van der Waals surface area contributed by atoms with Crippen LogP contribution in [0.2, 0.25) is 0 Å². The standard InChI is InChI=1S/C23H33N3O5/c1-14(2)11-12-23(6)21(29)26(22(30)25-23)13-19(27)31-16(5)20(28)24-18-9-7-17(8-10-18)15(3)4/h7-10,14-16H,11-13H2,1-6H3,(H,24,28)(H,25,30)/t16-,23-/m1/s1. The van der Waals surface area contributed by atoms with Crippen molar-refractivity contribution >= 4 is 29.5 Å². The van der Waals surface area contributed by atoms with Crippen LogP contribution >= 0.6 is 0 Å². The van der Waals surface area contributed by atoms with Crippen molar-refractivity contribution in [1.82, 2.24) is 10.2 Å². The second-order valence-electron chi connectivity index (χ2n) is 8.98. The fraction of sp³-hybridized carbons (Fsp3) is 0.565. The van der Waals surface area contributed by atoms with Gasteiger partial charge in [0.2, 0.25) is 0 Å². The summed E-state index contributed by atoms with van der Waals surface area (Å²) in [6.07, 6.45) is 0.163. The Morgan fingerprint density at radius 3 is 2.26 bits per heavy atom. The molecule has 1 fully saturated rings. The third kappa shape index (κ3) is 6.29. The Kier molecular flexibility index (Phi) is 7.81. The van der Waals surface area contributed by atoms with Gasteiger partial charge in [0.05, 0.1) is 0 Å². The third-order valence-corrected chi connectivity index (χ3v) is 5.38. The number of esters is 1. The second kappa shape index (κ2) is 9.94. The molecule has 0 aliphatic carbocycles. The van der Waals surface area contributed by atoms with Crippen molar-refractivity contribution < 1.29 is 23.9 Å². The van der Waals surface area contributed by atoms with Crippen LogP contribution in [0.1, 0.15) is 65.9 Å². The summed E-state index contributed by atoms with van der Waals surface area (Å²) in [5.74, 6) is -1.03. The van der Waals surface area contributed by atoms with Gasteiger partial charge in [-0.2, -0.15) is 0 Å². The van der Waals surface area contributed by atoms with Crippen LogP contribution in [0.3, 0.4) is 0 Å². The van der Waals surface area contributed by atoms with Crippen LogP contribution < -0.4 is 10.6 Å². The summed E-state index contributed by atoms with van der Waals surface area (Å²) in [5, 5.41) is 5.35. The van der Waals surface area contributed by atoms with E-state index in [-0.39, 0.29) is 0 Å². The zero-order chi connectivity index (χ0) is 23.3. The highest BCUT2D eigenvalue weighted by molar-refractivity contribution is 6.08. The number of anilines is 1. The van der Waals surface area contributed by atoms with Crippen LogP contribution in [0.15, 0.2) is 24.3 Å². The molecule has 8 heteroatoms. The smallest absolute Gasteiger partial charge is 0.327 e. The lowest BCUT2D eigenvalue weighted by Gasteiger charge is -2.22. The zero-order valence-corrected chi connectivity index (χ0v) is 19.2. The minimum absolute atomic E-state index is 0.376. The predicted octanol–water partition coefficient (Wildman–Crippen LogP) is 3.43. The molecule has 0 unspecified atom stereocenters. The number of ether oxygens (including phenoxy) is 1. The first kappa shape index (κ1) is 24.4. The number of hydrogen-bond donors (Lipinski definition) is 2. The van der Waals surface area contributed by atoms with E-state index < -0.39 is 42.0 Å². The molecule has 1 aromatic carbocycles. The molecule has 0 aromatic heterocycles. The highest BCUT2D eigenvalue weighted by Gasteiger charge is 2.48. The van der Waals surface area contributed by atoms with Gasteiger partial charge in [0.1, 0.15) is 12.1 Å². The van der Waals surface area contributed by atoms with E-state index in [1.54, 1.807) is 19.1 Å². The average Bonchev–Trinajstić information content (AvgIpc) is 2.90. The van der Waals surface area contributed by atoms with Gasteiger partial charge in [-0.1, -0.05) is 39.8 Å². The van der Waals surface area contributed by atoms with E-state index in [1.807, 2.05) is 26.0 Å². The fourth-order valence-electron chi connectivity index (χ4n) is 3.25. The van der Waals surface area contributed by atoms with Crippen molar-refractivity contribution in [3.05, 3.63) is 29.8 Å². The molecule has 4 amide bonds. The van der Waals surface area contributed by atoms with E-state index in [0.29, 0.717) is 23.9 Å². The average molecular weight is 432 g/mol. The molecule has 0 bridgehead atoms. The number of carbonyl (C=O) groups excluding carboxylic acids is 4. The molecule has 0 saturated carbocycles. The maximum atomic E-state index is 12.7. The molecule has 1 saturated heterocycles. The summed E-state index contributed by atoms with van der Waals surface area (Å²) >= 11 is 0. The van der Waals surface area contributed by atoms with Crippen LogP contribution in [0.4, 0.5) is 10.5 Å². The lowest BCUT2D eigenvalue weighted by atomic mass is 9.92. The topological polar surface area (TPSA) is 105 Å². The molecule has 8 nitrogen and oxygen atoms in total. The number of benzene rings is 1. The minimum atomic E-state index is -1.08. The number of carbonyl (C=O) groups is 4. The molecule has 0 spiro atoms. The van der Waals surface area contributed by atoms with E-state index in [0.717, 1.165) is 16.9 Å². The molecule has 1 heterocycles. The van der Waals surface area contributed by atoms with Crippen molar-refractivity contribution in [3.63, 3.8) is 0 Å². The molecule has 31 heavy (non-hydrogen) atoms. The Morgan fingerprint density at radius 1 is 1.10 bits per heavy atom. The highest BCUT2D eigenvalue weighted by atomic mass is 16.5. The van der Waals surface area contributed by atoms with Crippen LogP contribution in [0.5, 0.6) is 0 Å². The number of hydrogen-bond acceptors (Lipinski definition) is 5. The molecule has 1 aliphatic heterocycles. The largest absolute Gasteiger partial charge is 0.451 e. The van der Waals surface area contributed by atoms with Crippen LogP contribution in [0.25, 0.3) is 0 Å². The van der Waals surface area contributed by atoms with Gasteiger partial charge in [-0.15, -0.1) is 0 Å². The normalized spacial score (nSPS) is 19.5. The molecule has 170 valence electrons. The lowest BCUT2D eigenvalue weighted by molar-refractivity contribution is -0.155. The summed E-state index contributed by atoms with van der Waals surface area (Å²) in [6, 6.07) is 6.78. The number of amides is 4. The molecule has 1 aliphatic rings. The Hall–Kier alpha value is -2.90. The Bertz CT molecular complexity index is 834. The molecule has 1 aromatic rings. The molecule has 0 radical (unpaired) electrons. The maximum Gasteiger partial charge on any atom is 0.327 e. The first-order valence-corrected chi connectivity index (χ1v) is 10.7. The number of nitrogens with one attached hydrogen (secondary N) is 2. The van der Waals surface area contributed by atoms with Gasteiger partial charge >= 0.3 is 12.0 Å². The monoisotopic (exact) mass is 431 g/mol. The number of rotatable bonds is 9. The van der Waals surface area contributed by atoms with Gasteiger partial charge < -0.3 is 15.4 Å². The predicted molar refractivity (Wildman–Crippen MR) is 117 cm³/mol. The maximum absolute atomic E-state index is 12.7. The van der Waals surface area contributed by atoms with Gasteiger partial charge in [0, 0.05) is 5.69 Å². The van der Waals surface area contributed by atoms with E-state index in [1.165, 1.54) is 6.92 Å². The van der Waals surface area contributed by atoms with Gasteiger partial charge in [-0.25, -0.2) is 4.79 Å². The minimum Gasteiger partial charge on any atom is -0.451 e. The lowest BCUT2D eigenvalue weighted by Crippen LogP contribution is -2.44. The van der Waals surface area contributed by atoms with Gasteiger partial charge in [-0.3, -0.25) is 19.3 Å². The number of imide groups is 1. The van der Waals surface area contributed by atoms with Crippen molar-refractivity contribution in [2.75, 3.05) is 11.9 Å². The summed E-state index contributed by atoms with van der Waals surface area (Å²) in [4.78, 5) is 50.4. The van der Waals surface area contributed by atoms with Crippen LogP contribution in [0, 0.1) is 5.92 Å².